The zero-order valence-corrected chi connectivity index (χ0v) is 11.0. The van der Waals surface area contributed by atoms with E-state index in [1.54, 1.807) is 12.1 Å². The minimum Gasteiger partial charge on any atom is -0.369 e. The van der Waals surface area contributed by atoms with Crippen LogP contribution in [0.3, 0.4) is 0 Å². The molecule has 0 saturated heterocycles. The molecule has 0 bridgehead atoms. The van der Waals surface area contributed by atoms with E-state index in [0.29, 0.717) is 6.54 Å². The molecular weight excluding hydrogens is 283 g/mol. The largest absolute Gasteiger partial charge is 0.369 e. The van der Waals surface area contributed by atoms with Crippen molar-refractivity contribution in [1.29, 1.82) is 0 Å². The minimum atomic E-state index is -0.220. The number of benzene rings is 1. The Hall–Kier alpha value is -1.42. The predicted octanol–water partition coefficient (Wildman–Crippen LogP) is 3.62. The molecule has 0 atom stereocenters. The Labute approximate surface area is 108 Å². The van der Waals surface area contributed by atoms with E-state index in [-0.39, 0.29) is 5.82 Å². The molecule has 88 valence electrons. The summed E-state index contributed by atoms with van der Waals surface area (Å²) in [6.07, 6.45) is 0. The van der Waals surface area contributed by atoms with Crippen LogP contribution in [0.4, 0.5) is 10.1 Å². The lowest BCUT2D eigenvalue weighted by Crippen LogP contribution is -2.17. The third-order valence-corrected chi connectivity index (χ3v) is 2.88. The van der Waals surface area contributed by atoms with Crippen molar-refractivity contribution in [3.05, 3.63) is 58.6 Å². The molecule has 0 aliphatic heterocycles. The van der Waals surface area contributed by atoms with Gasteiger partial charge in [0.1, 0.15) is 10.4 Å². The fourth-order valence-corrected chi connectivity index (χ4v) is 1.95. The summed E-state index contributed by atoms with van der Waals surface area (Å²) in [6.45, 7) is 0.686. The van der Waals surface area contributed by atoms with Crippen molar-refractivity contribution in [1.82, 2.24) is 4.98 Å². The molecule has 2 aromatic rings. The molecule has 0 saturated carbocycles. The summed E-state index contributed by atoms with van der Waals surface area (Å²) in [5, 5.41) is 0. The number of rotatable bonds is 3. The number of hydrogen-bond acceptors (Lipinski definition) is 2. The summed E-state index contributed by atoms with van der Waals surface area (Å²) in [4.78, 5) is 6.38. The Bertz CT molecular complexity index is 499. The maximum Gasteiger partial charge on any atom is 0.123 e. The molecule has 2 rings (SSSR count). The van der Waals surface area contributed by atoms with Crippen molar-refractivity contribution in [2.45, 2.75) is 6.54 Å². The standard InChI is InChI=1S/C13H12BrFN2/c1-17(12-7-5-10(15)6-8-12)9-11-3-2-4-13(14)16-11/h2-8H,9H2,1H3. The van der Waals surface area contributed by atoms with E-state index >= 15 is 0 Å². The Morgan fingerprint density at radius 1 is 1.18 bits per heavy atom. The molecule has 0 unspecified atom stereocenters. The van der Waals surface area contributed by atoms with Gasteiger partial charge in [0.25, 0.3) is 0 Å². The first-order valence-corrected chi connectivity index (χ1v) is 6.02. The molecule has 1 aromatic heterocycles. The second-order valence-corrected chi connectivity index (χ2v) is 4.60. The van der Waals surface area contributed by atoms with Gasteiger partial charge in [0.2, 0.25) is 0 Å². The molecule has 1 aromatic carbocycles. The maximum atomic E-state index is 12.8. The Morgan fingerprint density at radius 3 is 2.53 bits per heavy atom. The van der Waals surface area contributed by atoms with Crippen molar-refractivity contribution in [3.8, 4) is 0 Å². The highest BCUT2D eigenvalue weighted by atomic mass is 79.9. The van der Waals surface area contributed by atoms with Gasteiger partial charge in [0.15, 0.2) is 0 Å². The van der Waals surface area contributed by atoms with Crippen LogP contribution >= 0.6 is 15.9 Å². The fraction of sp³-hybridized carbons (Fsp3) is 0.154. The Morgan fingerprint density at radius 2 is 1.88 bits per heavy atom. The SMILES string of the molecule is CN(Cc1cccc(Br)n1)c1ccc(F)cc1. The van der Waals surface area contributed by atoms with E-state index in [1.165, 1.54) is 12.1 Å². The van der Waals surface area contributed by atoms with Crippen LogP contribution in [0.2, 0.25) is 0 Å². The number of anilines is 1. The van der Waals surface area contributed by atoms with Crippen LogP contribution < -0.4 is 4.90 Å². The topological polar surface area (TPSA) is 16.1 Å². The van der Waals surface area contributed by atoms with E-state index in [0.717, 1.165) is 16.0 Å². The lowest BCUT2D eigenvalue weighted by atomic mass is 10.2. The monoisotopic (exact) mass is 294 g/mol. The van der Waals surface area contributed by atoms with Gasteiger partial charge < -0.3 is 4.90 Å². The zero-order valence-electron chi connectivity index (χ0n) is 9.40. The molecule has 0 aliphatic carbocycles. The molecule has 1 heterocycles. The van der Waals surface area contributed by atoms with Crippen molar-refractivity contribution in [2.75, 3.05) is 11.9 Å². The van der Waals surface area contributed by atoms with E-state index < -0.39 is 0 Å². The number of hydrogen-bond donors (Lipinski definition) is 0. The van der Waals surface area contributed by atoms with Crippen molar-refractivity contribution >= 4 is 21.6 Å². The molecule has 17 heavy (non-hydrogen) atoms. The van der Waals surface area contributed by atoms with Crippen molar-refractivity contribution in [2.24, 2.45) is 0 Å². The Balaban J connectivity index is 2.11. The van der Waals surface area contributed by atoms with Crippen LogP contribution in [0.5, 0.6) is 0 Å². The molecule has 4 heteroatoms. The van der Waals surface area contributed by atoms with E-state index in [1.807, 2.05) is 30.1 Å². The zero-order chi connectivity index (χ0) is 12.3. The lowest BCUT2D eigenvalue weighted by Gasteiger charge is -2.18. The highest BCUT2D eigenvalue weighted by molar-refractivity contribution is 9.10. The van der Waals surface area contributed by atoms with Gasteiger partial charge in [-0.2, -0.15) is 0 Å². The summed E-state index contributed by atoms with van der Waals surface area (Å²) in [5.41, 5.74) is 1.93. The average Bonchev–Trinajstić information content (AvgIpc) is 2.29. The minimum absolute atomic E-state index is 0.220. The molecule has 0 fully saturated rings. The summed E-state index contributed by atoms with van der Waals surface area (Å²) in [7, 11) is 1.95. The van der Waals surface area contributed by atoms with Crippen LogP contribution in [0, 0.1) is 5.82 Å². The van der Waals surface area contributed by atoms with E-state index in [4.69, 9.17) is 0 Å². The van der Waals surface area contributed by atoms with Gasteiger partial charge in [-0.3, -0.25) is 0 Å². The first kappa shape index (κ1) is 12.0. The third kappa shape index (κ3) is 3.27. The van der Waals surface area contributed by atoms with E-state index in [2.05, 4.69) is 20.9 Å². The van der Waals surface area contributed by atoms with Crippen molar-refractivity contribution in [3.63, 3.8) is 0 Å². The van der Waals surface area contributed by atoms with Gasteiger partial charge in [-0.15, -0.1) is 0 Å². The highest BCUT2D eigenvalue weighted by Gasteiger charge is 2.03. The first-order chi connectivity index (χ1) is 8.15. The molecule has 0 spiro atoms. The summed E-state index contributed by atoms with van der Waals surface area (Å²) >= 11 is 3.34. The van der Waals surface area contributed by atoms with Gasteiger partial charge in [-0.05, 0) is 52.3 Å². The molecule has 0 aliphatic rings. The van der Waals surface area contributed by atoms with Gasteiger partial charge in [-0.1, -0.05) is 6.07 Å². The quantitative estimate of drug-likeness (QED) is 0.804. The molecular formula is C13H12BrFN2. The normalized spacial score (nSPS) is 10.3. The smallest absolute Gasteiger partial charge is 0.123 e. The Kier molecular flexibility index (Phi) is 3.74. The number of nitrogens with zero attached hydrogens (tertiary/aromatic N) is 2. The average molecular weight is 295 g/mol. The summed E-state index contributed by atoms with van der Waals surface area (Å²) < 4.78 is 13.6. The van der Waals surface area contributed by atoms with Crippen LogP contribution in [0.1, 0.15) is 5.69 Å². The molecule has 0 amide bonds. The van der Waals surface area contributed by atoms with Crippen LogP contribution in [0.15, 0.2) is 47.1 Å². The van der Waals surface area contributed by atoms with Crippen molar-refractivity contribution < 1.29 is 4.39 Å². The van der Waals surface area contributed by atoms with Gasteiger partial charge in [-0.25, -0.2) is 9.37 Å². The highest BCUT2D eigenvalue weighted by Crippen LogP contribution is 2.16. The van der Waals surface area contributed by atoms with Gasteiger partial charge in [0, 0.05) is 12.7 Å². The second kappa shape index (κ2) is 5.27. The lowest BCUT2D eigenvalue weighted by molar-refractivity contribution is 0.627. The van der Waals surface area contributed by atoms with Crippen LogP contribution in [-0.4, -0.2) is 12.0 Å². The summed E-state index contributed by atoms with van der Waals surface area (Å²) in [5.74, 6) is -0.220. The van der Waals surface area contributed by atoms with E-state index in [9.17, 15) is 4.39 Å². The third-order valence-electron chi connectivity index (χ3n) is 2.44. The van der Waals surface area contributed by atoms with Crippen LogP contribution in [0.25, 0.3) is 0 Å². The van der Waals surface area contributed by atoms with Gasteiger partial charge in [0.05, 0.1) is 12.2 Å². The molecule has 2 nitrogen and oxygen atoms in total. The molecule has 0 radical (unpaired) electrons. The summed E-state index contributed by atoms with van der Waals surface area (Å²) in [6, 6.07) is 12.2. The second-order valence-electron chi connectivity index (χ2n) is 3.78. The first-order valence-electron chi connectivity index (χ1n) is 5.23. The van der Waals surface area contributed by atoms with Gasteiger partial charge >= 0.3 is 0 Å². The number of pyridine rings is 1. The fourth-order valence-electron chi connectivity index (χ4n) is 1.57. The number of halogens is 2. The maximum absolute atomic E-state index is 12.8. The molecule has 0 N–H and O–H groups in total. The van der Waals surface area contributed by atoms with Crippen LogP contribution in [-0.2, 0) is 6.54 Å². The predicted molar refractivity (Wildman–Crippen MR) is 70.4 cm³/mol. The number of aromatic nitrogens is 1.